The van der Waals surface area contributed by atoms with Crippen molar-refractivity contribution in [2.45, 2.75) is 51.6 Å². The Kier molecular flexibility index (Phi) is 5.19. The van der Waals surface area contributed by atoms with E-state index in [1.54, 1.807) is 0 Å². The second kappa shape index (κ2) is 7.91. The molecule has 164 valence electrons. The van der Waals surface area contributed by atoms with Gasteiger partial charge in [0.15, 0.2) is 0 Å². The highest BCUT2D eigenvalue weighted by Gasteiger charge is 2.33. The van der Waals surface area contributed by atoms with Crippen LogP contribution >= 0.6 is 0 Å². The molecule has 0 bridgehead atoms. The van der Waals surface area contributed by atoms with Gasteiger partial charge in [0, 0.05) is 18.3 Å². The highest BCUT2D eigenvalue weighted by Crippen LogP contribution is 2.35. The first-order valence-electron chi connectivity index (χ1n) is 11.3. The van der Waals surface area contributed by atoms with Crippen molar-refractivity contribution in [3.05, 3.63) is 97.5 Å². The van der Waals surface area contributed by atoms with Gasteiger partial charge in [-0.2, -0.15) is 13.2 Å². The van der Waals surface area contributed by atoms with E-state index in [1.165, 1.54) is 50.0 Å². The SMILES string of the molecule is Cc1ccc2c(c1)=CC(CCc1cnccc1C(F)(F)F)c1c3c(ccc1=2)=CC(C)CC3. The number of fused-ring (bicyclic) bond motifs is 4. The first-order valence-corrected chi connectivity index (χ1v) is 11.3. The summed E-state index contributed by atoms with van der Waals surface area (Å²) in [6.45, 7) is 4.32. The normalized spacial score (nSPS) is 19.3. The maximum atomic E-state index is 13.5. The average molecular weight is 434 g/mol. The van der Waals surface area contributed by atoms with Gasteiger partial charge in [0.2, 0.25) is 0 Å². The van der Waals surface area contributed by atoms with Gasteiger partial charge in [-0.3, -0.25) is 4.98 Å². The maximum Gasteiger partial charge on any atom is 0.416 e. The van der Waals surface area contributed by atoms with Gasteiger partial charge in [0.1, 0.15) is 0 Å². The number of hydrogen-bond donors (Lipinski definition) is 0. The zero-order valence-electron chi connectivity index (χ0n) is 18.3. The van der Waals surface area contributed by atoms with Crippen LogP contribution < -0.4 is 10.4 Å². The fourth-order valence-corrected chi connectivity index (χ4v) is 5.34. The molecule has 1 aromatic heterocycles. The molecule has 0 fully saturated rings. The third-order valence-electron chi connectivity index (χ3n) is 6.89. The standard InChI is InChI=1S/C28H26F3N/c1-17-4-9-24-19(13-17)7-10-25-23-8-3-18(2)14-22(23)15-20(27(24)25)5-6-21-16-32-12-11-26(21)28(29,30)31/h3,7-8,10-17,20H,4-6,9H2,1-2H3. The Balaban J connectivity index is 1.65. The zero-order valence-corrected chi connectivity index (χ0v) is 18.3. The summed E-state index contributed by atoms with van der Waals surface area (Å²) >= 11 is 0. The Hall–Kier alpha value is -2.88. The zero-order chi connectivity index (χ0) is 22.5. The lowest BCUT2D eigenvalue weighted by Crippen LogP contribution is -2.24. The summed E-state index contributed by atoms with van der Waals surface area (Å²) in [6, 6.07) is 12.0. The second-order valence-corrected chi connectivity index (χ2v) is 9.21. The predicted octanol–water partition coefficient (Wildman–Crippen LogP) is 5.57. The Morgan fingerprint density at radius 2 is 1.81 bits per heavy atom. The minimum atomic E-state index is -4.36. The molecule has 2 unspecified atom stereocenters. The summed E-state index contributed by atoms with van der Waals surface area (Å²) in [5.41, 5.74) is 3.57. The maximum absolute atomic E-state index is 13.5. The molecule has 2 aromatic carbocycles. The number of pyridine rings is 1. The van der Waals surface area contributed by atoms with Gasteiger partial charge >= 0.3 is 6.18 Å². The molecule has 0 saturated heterocycles. The Morgan fingerprint density at radius 3 is 2.62 bits per heavy atom. The number of benzene rings is 2. The molecular formula is C28H26F3N. The van der Waals surface area contributed by atoms with Gasteiger partial charge in [-0.15, -0.1) is 0 Å². The highest BCUT2D eigenvalue weighted by molar-refractivity contribution is 5.52. The smallest absolute Gasteiger partial charge is 0.264 e. The molecule has 2 atom stereocenters. The molecule has 0 saturated carbocycles. The summed E-state index contributed by atoms with van der Waals surface area (Å²) in [6.07, 6.45) is 5.94. The summed E-state index contributed by atoms with van der Waals surface area (Å²) in [7, 11) is 0. The van der Waals surface area contributed by atoms with Crippen molar-refractivity contribution in [2.24, 2.45) is 5.92 Å². The molecule has 1 nitrogen and oxygen atoms in total. The summed E-state index contributed by atoms with van der Waals surface area (Å²) in [5, 5.41) is 4.92. The van der Waals surface area contributed by atoms with Gasteiger partial charge < -0.3 is 0 Å². The largest absolute Gasteiger partial charge is 0.416 e. The van der Waals surface area contributed by atoms with Crippen LogP contribution in [0.4, 0.5) is 13.2 Å². The number of nitrogens with zero attached hydrogens (tertiary/aromatic N) is 1. The molecule has 0 radical (unpaired) electrons. The molecule has 0 amide bonds. The van der Waals surface area contributed by atoms with Gasteiger partial charge in [0.25, 0.3) is 0 Å². The molecule has 0 N–H and O–H groups in total. The number of aromatic nitrogens is 1. The predicted molar refractivity (Wildman–Crippen MR) is 121 cm³/mol. The van der Waals surface area contributed by atoms with E-state index < -0.39 is 11.7 Å². The Bertz CT molecular complexity index is 1400. The minimum absolute atomic E-state index is 0.0809. The van der Waals surface area contributed by atoms with Crippen molar-refractivity contribution < 1.29 is 13.2 Å². The fourth-order valence-electron chi connectivity index (χ4n) is 5.34. The van der Waals surface area contributed by atoms with Gasteiger partial charge in [0.05, 0.1) is 5.56 Å². The molecular weight excluding hydrogens is 407 g/mol. The van der Waals surface area contributed by atoms with Crippen LogP contribution in [0.3, 0.4) is 0 Å². The summed E-state index contributed by atoms with van der Waals surface area (Å²) in [4.78, 5) is 3.98. The van der Waals surface area contributed by atoms with E-state index in [2.05, 4.69) is 61.3 Å². The molecule has 1 heterocycles. The molecule has 3 aromatic rings. The van der Waals surface area contributed by atoms with Crippen molar-refractivity contribution >= 4 is 12.2 Å². The lowest BCUT2D eigenvalue weighted by Gasteiger charge is -2.25. The summed E-state index contributed by atoms with van der Waals surface area (Å²) < 4.78 is 40.5. The quantitative estimate of drug-likeness (QED) is 0.526. The van der Waals surface area contributed by atoms with Crippen LogP contribution in [0.2, 0.25) is 0 Å². The number of alkyl halides is 3. The molecule has 2 aliphatic rings. The third kappa shape index (κ3) is 3.76. The van der Waals surface area contributed by atoms with Crippen molar-refractivity contribution in [1.29, 1.82) is 0 Å². The monoisotopic (exact) mass is 433 g/mol. The van der Waals surface area contributed by atoms with E-state index in [0.717, 1.165) is 18.9 Å². The lowest BCUT2D eigenvalue weighted by atomic mass is 9.79. The first kappa shape index (κ1) is 21.0. The van der Waals surface area contributed by atoms with E-state index in [9.17, 15) is 13.2 Å². The molecule has 2 aliphatic carbocycles. The summed E-state index contributed by atoms with van der Waals surface area (Å²) in [5.74, 6) is 0.628. The second-order valence-electron chi connectivity index (χ2n) is 9.21. The molecule has 0 spiro atoms. The lowest BCUT2D eigenvalue weighted by molar-refractivity contribution is -0.138. The number of hydrogen-bond acceptors (Lipinski definition) is 1. The average Bonchev–Trinajstić information content (AvgIpc) is 2.76. The van der Waals surface area contributed by atoms with Crippen LogP contribution in [-0.2, 0) is 19.0 Å². The number of halogens is 3. The number of aryl methyl sites for hydroxylation is 2. The van der Waals surface area contributed by atoms with E-state index in [4.69, 9.17) is 0 Å². The van der Waals surface area contributed by atoms with Crippen molar-refractivity contribution in [2.75, 3.05) is 0 Å². The van der Waals surface area contributed by atoms with Crippen molar-refractivity contribution in [3.63, 3.8) is 0 Å². The Labute approximate surface area is 185 Å². The van der Waals surface area contributed by atoms with E-state index in [1.807, 2.05) is 0 Å². The topological polar surface area (TPSA) is 12.9 Å². The van der Waals surface area contributed by atoms with Crippen LogP contribution in [0.5, 0.6) is 0 Å². The van der Waals surface area contributed by atoms with Crippen LogP contribution in [0.25, 0.3) is 12.2 Å². The van der Waals surface area contributed by atoms with E-state index in [0.29, 0.717) is 18.8 Å². The first-order chi connectivity index (χ1) is 15.3. The van der Waals surface area contributed by atoms with E-state index in [-0.39, 0.29) is 11.5 Å². The minimum Gasteiger partial charge on any atom is -0.264 e. The van der Waals surface area contributed by atoms with Crippen molar-refractivity contribution in [1.82, 2.24) is 4.98 Å². The Morgan fingerprint density at radius 1 is 1.00 bits per heavy atom. The van der Waals surface area contributed by atoms with E-state index >= 15 is 0 Å². The van der Waals surface area contributed by atoms with Crippen LogP contribution in [0.15, 0.2) is 48.8 Å². The highest BCUT2D eigenvalue weighted by atomic mass is 19.4. The van der Waals surface area contributed by atoms with Gasteiger partial charge in [-0.1, -0.05) is 55.0 Å². The van der Waals surface area contributed by atoms with Gasteiger partial charge in [-0.25, -0.2) is 0 Å². The van der Waals surface area contributed by atoms with Gasteiger partial charge in [-0.05, 0) is 82.2 Å². The molecule has 5 rings (SSSR count). The van der Waals surface area contributed by atoms with Crippen LogP contribution in [0, 0.1) is 23.3 Å². The fraction of sp³-hybridized carbons (Fsp3) is 0.321. The number of rotatable bonds is 3. The van der Waals surface area contributed by atoms with Crippen LogP contribution in [-0.4, -0.2) is 4.98 Å². The molecule has 32 heavy (non-hydrogen) atoms. The molecule has 4 heteroatoms. The molecule has 0 aliphatic heterocycles. The van der Waals surface area contributed by atoms with Crippen molar-refractivity contribution in [3.8, 4) is 0 Å². The van der Waals surface area contributed by atoms with Crippen LogP contribution in [0.1, 0.15) is 53.5 Å². The third-order valence-corrected chi connectivity index (χ3v) is 6.89.